The number of hydrogen-bond acceptors (Lipinski definition) is 9. The molecule has 0 bridgehead atoms. The quantitative estimate of drug-likeness (QED) is 0.0980. The molecule has 0 heterocycles. The zero-order valence-corrected chi connectivity index (χ0v) is 28.8. The smallest absolute Gasteiger partial charge is 0.257 e. The van der Waals surface area contributed by atoms with Gasteiger partial charge >= 0.3 is 0 Å². The first-order chi connectivity index (χ1) is 21.5. The van der Waals surface area contributed by atoms with Gasteiger partial charge in [-0.15, -0.1) is 0 Å². The molecule has 46 heavy (non-hydrogen) atoms. The van der Waals surface area contributed by atoms with Crippen molar-refractivity contribution in [1.29, 1.82) is 0 Å². The maximum atomic E-state index is 11.6. The van der Waals surface area contributed by atoms with E-state index >= 15 is 0 Å². The van der Waals surface area contributed by atoms with Gasteiger partial charge in [0.05, 0.1) is 27.7 Å². The lowest BCUT2D eigenvalue weighted by Gasteiger charge is -2.24. The highest BCUT2D eigenvalue weighted by Crippen LogP contribution is 2.34. The number of hydrogen-bond donors (Lipinski definition) is 0. The number of aldehydes is 3. The van der Waals surface area contributed by atoms with Crippen LogP contribution in [-0.4, -0.2) is 54.5 Å². The van der Waals surface area contributed by atoms with Gasteiger partial charge in [0.2, 0.25) is 0 Å². The van der Waals surface area contributed by atoms with E-state index < -0.39 is 46.6 Å². The van der Waals surface area contributed by atoms with E-state index in [-0.39, 0.29) is 0 Å². The van der Waals surface area contributed by atoms with Gasteiger partial charge in [-0.05, 0) is 135 Å². The molecule has 0 aliphatic carbocycles. The second-order valence-electron chi connectivity index (χ2n) is 13.3. The topological polar surface area (TPSA) is 107 Å². The first-order valence-electron chi connectivity index (χ1n) is 14.9. The molecule has 0 radical (unpaired) electrons. The Morgan fingerprint density at radius 3 is 0.826 bits per heavy atom. The molecule has 3 rings (SSSR count). The van der Waals surface area contributed by atoms with Crippen molar-refractivity contribution in [2.45, 2.75) is 113 Å². The van der Waals surface area contributed by atoms with Gasteiger partial charge in [0, 0.05) is 0 Å². The molecule has 0 saturated carbocycles. The van der Waals surface area contributed by atoms with E-state index in [4.69, 9.17) is 28.4 Å². The van der Waals surface area contributed by atoms with Gasteiger partial charge in [0.1, 0.15) is 17.2 Å². The molecule has 3 unspecified atom stereocenters. The van der Waals surface area contributed by atoms with E-state index in [0.29, 0.717) is 36.1 Å². The molecule has 0 aromatic heterocycles. The van der Waals surface area contributed by atoms with E-state index in [9.17, 15) is 14.4 Å². The van der Waals surface area contributed by atoms with Crippen molar-refractivity contribution in [2.75, 3.05) is 0 Å². The molecule has 248 valence electrons. The minimum absolute atomic E-state index is 0.485. The van der Waals surface area contributed by atoms with Gasteiger partial charge < -0.3 is 28.4 Å². The molecule has 0 aliphatic heterocycles. The van der Waals surface area contributed by atoms with Crippen LogP contribution in [0.3, 0.4) is 0 Å². The number of carbonyl (C=O) groups is 3. The van der Waals surface area contributed by atoms with Crippen LogP contribution in [0.15, 0.2) is 87.5 Å². The fraction of sp³-hybridized carbons (Fsp3) is 0.417. The fourth-order valence-electron chi connectivity index (χ4n) is 4.06. The molecule has 0 aliphatic rings. The monoisotopic (exact) mass is 653 g/mol. The van der Waals surface area contributed by atoms with E-state index in [1.54, 1.807) is 36.4 Å². The first kappa shape index (κ1) is 36.8. The first-order valence-corrected chi connectivity index (χ1v) is 16.1. The van der Waals surface area contributed by atoms with Crippen molar-refractivity contribution in [3.05, 3.63) is 72.8 Å². The minimum atomic E-state index is -1.04. The second kappa shape index (κ2) is 15.7. The lowest BCUT2D eigenvalue weighted by molar-refractivity contribution is -0.161. The highest BCUT2D eigenvalue weighted by molar-refractivity contribution is 7.97. The Morgan fingerprint density at radius 2 is 0.652 bits per heavy atom. The average Bonchev–Trinajstić information content (AvgIpc) is 2.96. The van der Waals surface area contributed by atoms with E-state index in [1.807, 2.05) is 98.7 Å². The molecule has 0 fully saturated rings. The molecular weight excluding hydrogens is 608 g/mol. The maximum absolute atomic E-state index is 11.6. The predicted molar refractivity (Wildman–Crippen MR) is 175 cm³/mol. The van der Waals surface area contributed by atoms with Crippen LogP contribution in [-0.2, 0) is 39.5 Å². The van der Waals surface area contributed by atoms with Crippen LogP contribution < -0.4 is 14.2 Å². The van der Waals surface area contributed by atoms with Crippen molar-refractivity contribution in [1.82, 2.24) is 0 Å². The summed E-state index contributed by atoms with van der Waals surface area (Å²) >= 11 is 0. The molecule has 0 N–H and O–H groups in total. The summed E-state index contributed by atoms with van der Waals surface area (Å²) in [6.07, 6.45) is -1.25. The Hall–Kier alpha value is -3.70. The number of benzene rings is 3. The van der Waals surface area contributed by atoms with Crippen LogP contribution in [0, 0.1) is 0 Å². The molecule has 9 nitrogen and oxygen atoms in total. The van der Waals surface area contributed by atoms with Crippen LogP contribution >= 0.6 is 0 Å². The standard InChI is InChI=1S/C36H45O9S/c1-34(2,3)43-31(22-37)40-25-10-16-28(17-11-25)46(29-18-12-26(13-19-29)41-32(23-38)44-35(4,5)6)30-20-14-27(15-21-30)42-33(24-39)45-36(7,8)9/h10-24,31-33H,1-9H3/q+1. The van der Waals surface area contributed by atoms with Gasteiger partial charge in [0.25, 0.3) is 18.9 Å². The summed E-state index contributed by atoms with van der Waals surface area (Å²) in [5, 5.41) is 0. The van der Waals surface area contributed by atoms with Crippen LogP contribution in [0.25, 0.3) is 0 Å². The molecule has 10 heteroatoms. The van der Waals surface area contributed by atoms with Crippen LogP contribution in [0.1, 0.15) is 62.3 Å². The van der Waals surface area contributed by atoms with Gasteiger partial charge in [0.15, 0.2) is 33.5 Å². The van der Waals surface area contributed by atoms with Crippen molar-refractivity contribution < 1.29 is 42.8 Å². The average molecular weight is 654 g/mol. The Balaban J connectivity index is 1.92. The van der Waals surface area contributed by atoms with Crippen molar-refractivity contribution >= 4 is 29.8 Å². The largest absolute Gasteiger partial charge is 0.458 e. The molecule has 3 aromatic rings. The summed E-state index contributed by atoms with van der Waals surface area (Å²) in [6, 6.07) is 22.4. The second-order valence-corrected chi connectivity index (χ2v) is 15.3. The van der Waals surface area contributed by atoms with Crippen molar-refractivity contribution in [2.24, 2.45) is 0 Å². The maximum Gasteiger partial charge on any atom is 0.257 e. The zero-order chi connectivity index (χ0) is 34.1. The molecule has 0 amide bonds. The van der Waals surface area contributed by atoms with Crippen molar-refractivity contribution in [3.8, 4) is 17.2 Å². The fourth-order valence-corrected chi connectivity index (χ4v) is 6.10. The van der Waals surface area contributed by atoms with Crippen LogP contribution in [0.5, 0.6) is 17.2 Å². The Kier molecular flexibility index (Phi) is 12.6. The summed E-state index contributed by atoms with van der Waals surface area (Å²) in [4.78, 5) is 37.6. The zero-order valence-electron chi connectivity index (χ0n) is 28.0. The SMILES string of the molecule is CC(C)(C)OC(C=O)Oc1ccc([S+](c2ccc(OC(C=O)OC(C)(C)C)cc2)c2ccc(OC(C=O)OC(C)(C)C)cc2)cc1. The van der Waals surface area contributed by atoms with E-state index in [1.165, 1.54) is 0 Å². The molecule has 0 saturated heterocycles. The normalized spacial score (nSPS) is 14.8. The summed E-state index contributed by atoms with van der Waals surface area (Å²) < 4.78 is 34.4. The third-order valence-electron chi connectivity index (χ3n) is 5.68. The molecular formula is C36H45O9S+. The lowest BCUT2D eigenvalue weighted by atomic mass is 10.2. The Morgan fingerprint density at radius 1 is 0.435 bits per heavy atom. The third kappa shape index (κ3) is 12.2. The number of carbonyl (C=O) groups excluding carboxylic acids is 3. The third-order valence-corrected chi connectivity index (χ3v) is 7.91. The van der Waals surface area contributed by atoms with Gasteiger partial charge in [-0.25, -0.2) is 0 Å². The summed E-state index contributed by atoms with van der Waals surface area (Å²) in [5.74, 6) is 1.45. The predicted octanol–water partition coefficient (Wildman–Crippen LogP) is 6.94. The van der Waals surface area contributed by atoms with Gasteiger partial charge in [-0.2, -0.15) is 0 Å². The van der Waals surface area contributed by atoms with E-state index in [0.717, 1.165) is 14.7 Å². The van der Waals surface area contributed by atoms with Crippen molar-refractivity contribution in [3.63, 3.8) is 0 Å². The summed E-state index contributed by atoms with van der Waals surface area (Å²) in [6.45, 7) is 16.6. The Bertz CT molecular complexity index is 1230. The Labute approximate surface area is 274 Å². The highest BCUT2D eigenvalue weighted by Gasteiger charge is 2.30. The van der Waals surface area contributed by atoms with Gasteiger partial charge in [-0.3, -0.25) is 14.4 Å². The van der Waals surface area contributed by atoms with Crippen LogP contribution in [0.4, 0.5) is 0 Å². The highest BCUT2D eigenvalue weighted by atomic mass is 32.2. The summed E-state index contributed by atoms with van der Waals surface area (Å²) in [7, 11) is -0.599. The molecule has 3 aromatic carbocycles. The minimum Gasteiger partial charge on any atom is -0.458 e. The number of ether oxygens (including phenoxy) is 6. The van der Waals surface area contributed by atoms with E-state index in [2.05, 4.69) is 0 Å². The van der Waals surface area contributed by atoms with Gasteiger partial charge in [-0.1, -0.05) is 0 Å². The summed E-state index contributed by atoms with van der Waals surface area (Å²) in [5.41, 5.74) is -1.67. The van der Waals surface area contributed by atoms with Crippen LogP contribution in [0.2, 0.25) is 0 Å². The molecule has 3 atom stereocenters. The lowest BCUT2D eigenvalue weighted by Crippen LogP contribution is -2.32. The number of rotatable bonds is 15. The molecule has 0 spiro atoms.